The fourth-order valence-electron chi connectivity index (χ4n) is 2.11. The molecule has 4 heteroatoms. The molecule has 0 aliphatic carbocycles. The van der Waals surface area contributed by atoms with Gasteiger partial charge in [-0.3, -0.25) is 0 Å². The number of hydrogen-bond donors (Lipinski definition) is 1. The Morgan fingerprint density at radius 3 is 2.57 bits per heavy atom. The van der Waals surface area contributed by atoms with Gasteiger partial charge in [0.1, 0.15) is 5.75 Å². The molecule has 0 radical (unpaired) electrons. The Morgan fingerprint density at radius 2 is 1.90 bits per heavy atom. The summed E-state index contributed by atoms with van der Waals surface area (Å²) in [6.07, 6.45) is 0. The van der Waals surface area contributed by atoms with Crippen LogP contribution in [-0.2, 0) is 6.54 Å². The third kappa shape index (κ3) is 5.40. The van der Waals surface area contributed by atoms with Gasteiger partial charge in [-0.05, 0) is 42.9 Å². The first-order chi connectivity index (χ1) is 10.2. The maximum absolute atomic E-state index is 5.17. The first-order valence-electron chi connectivity index (χ1n) is 6.98. The lowest BCUT2D eigenvalue weighted by molar-refractivity contribution is 0.339. The van der Waals surface area contributed by atoms with E-state index in [1.54, 1.807) is 7.11 Å². The van der Waals surface area contributed by atoms with Crippen LogP contribution in [0.1, 0.15) is 5.56 Å². The molecule has 0 heterocycles. The Balaban J connectivity index is 1.75. The lowest BCUT2D eigenvalue weighted by Crippen LogP contribution is -2.24. The number of hydrogen-bond acceptors (Lipinski definition) is 3. The fourth-order valence-corrected chi connectivity index (χ4v) is 2.51. The van der Waals surface area contributed by atoms with Crippen molar-refractivity contribution in [3.05, 3.63) is 58.6 Å². The molecular weight excluding hydrogens is 328 g/mol. The van der Waals surface area contributed by atoms with Crippen LogP contribution in [0.4, 0.5) is 5.69 Å². The second kappa shape index (κ2) is 8.05. The molecule has 0 saturated heterocycles. The van der Waals surface area contributed by atoms with Crippen molar-refractivity contribution in [3.8, 4) is 5.75 Å². The van der Waals surface area contributed by atoms with Gasteiger partial charge in [-0.2, -0.15) is 0 Å². The summed E-state index contributed by atoms with van der Waals surface area (Å²) in [5.74, 6) is 0.901. The summed E-state index contributed by atoms with van der Waals surface area (Å²) in [5, 5.41) is 3.43. The molecule has 0 aliphatic rings. The number of anilines is 1. The minimum atomic E-state index is 0.901. The van der Waals surface area contributed by atoms with Gasteiger partial charge in [0, 0.05) is 29.8 Å². The monoisotopic (exact) mass is 348 g/mol. The SMILES string of the molecule is COc1ccc(CN(C)CCNc2cccc(Br)c2)cc1. The van der Waals surface area contributed by atoms with Crippen molar-refractivity contribution in [2.45, 2.75) is 6.54 Å². The van der Waals surface area contributed by atoms with Crippen molar-refractivity contribution >= 4 is 21.6 Å². The minimum absolute atomic E-state index is 0.901. The average Bonchev–Trinajstić information content (AvgIpc) is 2.48. The molecule has 112 valence electrons. The Morgan fingerprint density at radius 1 is 1.14 bits per heavy atom. The van der Waals surface area contributed by atoms with E-state index in [0.29, 0.717) is 0 Å². The van der Waals surface area contributed by atoms with Gasteiger partial charge in [0.25, 0.3) is 0 Å². The normalized spacial score (nSPS) is 10.7. The van der Waals surface area contributed by atoms with E-state index in [9.17, 15) is 0 Å². The number of rotatable bonds is 7. The van der Waals surface area contributed by atoms with Crippen LogP contribution < -0.4 is 10.1 Å². The number of halogens is 1. The zero-order valence-corrected chi connectivity index (χ0v) is 14.1. The standard InChI is InChI=1S/C17H21BrN2O/c1-20(13-14-6-8-17(21-2)9-7-14)11-10-19-16-5-3-4-15(18)12-16/h3-9,12,19H,10-11,13H2,1-2H3. The van der Waals surface area contributed by atoms with Crippen LogP contribution >= 0.6 is 15.9 Å². The maximum Gasteiger partial charge on any atom is 0.118 e. The molecule has 2 aromatic rings. The third-order valence-corrected chi connectivity index (χ3v) is 3.75. The molecular formula is C17H21BrN2O. The topological polar surface area (TPSA) is 24.5 Å². The Bertz CT molecular complexity index is 557. The van der Waals surface area contributed by atoms with E-state index in [-0.39, 0.29) is 0 Å². The molecule has 0 unspecified atom stereocenters. The van der Waals surface area contributed by atoms with Crippen molar-refractivity contribution in [3.63, 3.8) is 0 Å². The Hall–Kier alpha value is -1.52. The quantitative estimate of drug-likeness (QED) is 0.818. The zero-order chi connectivity index (χ0) is 15.1. The first-order valence-corrected chi connectivity index (χ1v) is 7.77. The zero-order valence-electron chi connectivity index (χ0n) is 12.5. The predicted octanol–water partition coefficient (Wildman–Crippen LogP) is 4.00. The summed E-state index contributed by atoms with van der Waals surface area (Å²) in [6, 6.07) is 16.5. The lowest BCUT2D eigenvalue weighted by Gasteiger charge is -2.17. The van der Waals surface area contributed by atoms with E-state index < -0.39 is 0 Å². The van der Waals surface area contributed by atoms with E-state index >= 15 is 0 Å². The summed E-state index contributed by atoms with van der Waals surface area (Å²) in [5.41, 5.74) is 2.43. The van der Waals surface area contributed by atoms with Crippen LogP contribution in [0.25, 0.3) is 0 Å². The van der Waals surface area contributed by atoms with Crippen molar-refractivity contribution in [2.24, 2.45) is 0 Å². The van der Waals surface area contributed by atoms with Gasteiger partial charge >= 0.3 is 0 Å². The maximum atomic E-state index is 5.17. The van der Waals surface area contributed by atoms with Crippen molar-refractivity contribution in [1.29, 1.82) is 0 Å². The number of benzene rings is 2. The highest BCUT2D eigenvalue weighted by molar-refractivity contribution is 9.10. The van der Waals surface area contributed by atoms with Crippen LogP contribution in [0.5, 0.6) is 5.75 Å². The van der Waals surface area contributed by atoms with Crippen LogP contribution in [0, 0.1) is 0 Å². The van der Waals surface area contributed by atoms with Gasteiger partial charge in [-0.25, -0.2) is 0 Å². The predicted molar refractivity (Wildman–Crippen MR) is 92.0 cm³/mol. The lowest BCUT2D eigenvalue weighted by atomic mass is 10.2. The smallest absolute Gasteiger partial charge is 0.118 e. The Labute approximate surface area is 135 Å². The summed E-state index contributed by atoms with van der Waals surface area (Å²) in [7, 11) is 3.82. The molecule has 0 atom stereocenters. The summed E-state index contributed by atoms with van der Waals surface area (Å²) in [4.78, 5) is 2.30. The number of nitrogens with zero attached hydrogens (tertiary/aromatic N) is 1. The molecule has 0 bridgehead atoms. The first kappa shape index (κ1) is 15.9. The summed E-state index contributed by atoms with van der Waals surface area (Å²) in [6.45, 7) is 2.84. The van der Waals surface area contributed by atoms with E-state index in [1.807, 2.05) is 24.3 Å². The van der Waals surface area contributed by atoms with Crippen LogP contribution in [-0.4, -0.2) is 32.1 Å². The average molecular weight is 349 g/mol. The van der Waals surface area contributed by atoms with Crippen LogP contribution in [0.3, 0.4) is 0 Å². The molecule has 3 nitrogen and oxygen atoms in total. The second-order valence-electron chi connectivity index (χ2n) is 5.02. The number of methoxy groups -OCH3 is 1. The van der Waals surface area contributed by atoms with Gasteiger partial charge in [0.05, 0.1) is 7.11 Å². The Kier molecular flexibility index (Phi) is 6.08. The van der Waals surface area contributed by atoms with Gasteiger partial charge in [-0.1, -0.05) is 34.1 Å². The van der Waals surface area contributed by atoms with Crippen LogP contribution in [0.15, 0.2) is 53.0 Å². The minimum Gasteiger partial charge on any atom is -0.497 e. The number of ether oxygens (including phenoxy) is 1. The second-order valence-corrected chi connectivity index (χ2v) is 5.94. The van der Waals surface area contributed by atoms with E-state index in [0.717, 1.165) is 35.5 Å². The largest absolute Gasteiger partial charge is 0.497 e. The number of likely N-dealkylation sites (N-methyl/N-ethyl adjacent to an activating group) is 1. The molecule has 21 heavy (non-hydrogen) atoms. The van der Waals surface area contributed by atoms with E-state index in [4.69, 9.17) is 4.74 Å². The summed E-state index contributed by atoms with van der Waals surface area (Å²) >= 11 is 3.48. The molecule has 0 saturated carbocycles. The van der Waals surface area contributed by atoms with Crippen molar-refractivity contribution < 1.29 is 4.74 Å². The fraction of sp³-hybridized carbons (Fsp3) is 0.294. The van der Waals surface area contributed by atoms with Crippen molar-refractivity contribution in [1.82, 2.24) is 4.90 Å². The van der Waals surface area contributed by atoms with Crippen LogP contribution in [0.2, 0.25) is 0 Å². The molecule has 2 aromatic carbocycles. The van der Waals surface area contributed by atoms with Gasteiger partial charge < -0.3 is 15.0 Å². The van der Waals surface area contributed by atoms with Gasteiger partial charge in [0.15, 0.2) is 0 Å². The highest BCUT2D eigenvalue weighted by Gasteiger charge is 2.01. The van der Waals surface area contributed by atoms with Gasteiger partial charge in [-0.15, -0.1) is 0 Å². The molecule has 0 fully saturated rings. The van der Waals surface area contributed by atoms with Crippen molar-refractivity contribution in [2.75, 3.05) is 32.6 Å². The molecule has 2 rings (SSSR count). The van der Waals surface area contributed by atoms with E-state index in [2.05, 4.69) is 57.5 Å². The highest BCUT2D eigenvalue weighted by Crippen LogP contribution is 2.15. The number of nitrogens with one attached hydrogen (secondary N) is 1. The molecule has 0 amide bonds. The van der Waals surface area contributed by atoms with E-state index in [1.165, 1.54) is 5.56 Å². The molecule has 0 spiro atoms. The molecule has 1 N–H and O–H groups in total. The third-order valence-electron chi connectivity index (χ3n) is 3.26. The summed E-state index contributed by atoms with van der Waals surface area (Å²) < 4.78 is 6.27. The van der Waals surface area contributed by atoms with Gasteiger partial charge in [0.2, 0.25) is 0 Å². The molecule has 0 aromatic heterocycles. The highest BCUT2D eigenvalue weighted by atomic mass is 79.9. The molecule has 0 aliphatic heterocycles.